The average Bonchev–Trinajstić information content (AvgIpc) is 2.93. The van der Waals surface area contributed by atoms with E-state index >= 15 is 0 Å². The van der Waals surface area contributed by atoms with Gasteiger partial charge in [0.25, 0.3) is 5.91 Å². The lowest BCUT2D eigenvalue weighted by Crippen LogP contribution is -2.51. The molecule has 3 rings (SSSR count). The summed E-state index contributed by atoms with van der Waals surface area (Å²) in [5.41, 5.74) is -5.02. The van der Waals surface area contributed by atoms with Crippen LogP contribution in [0.5, 0.6) is 11.5 Å². The molecule has 0 radical (unpaired) electrons. The number of carbonyl (C=O) groups excluding carboxylic acids is 1. The molecule has 4 N–H and O–H groups in total. The fourth-order valence-electron chi connectivity index (χ4n) is 3.66. The topological polar surface area (TPSA) is 113 Å². The molecule has 0 aliphatic carbocycles. The Morgan fingerprint density at radius 1 is 1.05 bits per heavy atom. The molecule has 1 amide bonds. The molecule has 0 unspecified atom stereocenters. The Labute approximate surface area is 233 Å². The van der Waals surface area contributed by atoms with E-state index in [1.54, 1.807) is 13.8 Å². The number of aliphatic hydroxyl groups excluding tert-OH is 1. The van der Waals surface area contributed by atoms with Crippen LogP contribution in [-0.2, 0) is 11.1 Å². The molecule has 8 nitrogen and oxygen atoms in total. The van der Waals surface area contributed by atoms with Crippen LogP contribution in [0, 0.1) is 5.82 Å². The van der Waals surface area contributed by atoms with E-state index < -0.39 is 41.3 Å². The summed E-state index contributed by atoms with van der Waals surface area (Å²) in [6.07, 6.45) is -5.27. The second-order valence-electron chi connectivity index (χ2n) is 9.33. The predicted molar refractivity (Wildman–Crippen MR) is 140 cm³/mol. The van der Waals surface area contributed by atoms with Crippen molar-refractivity contribution in [1.29, 1.82) is 0 Å². The van der Waals surface area contributed by atoms with Gasteiger partial charge in [-0.15, -0.1) is 0 Å². The molecule has 3 aromatic rings. The number of pyridine rings is 1. The average molecular weight is 586 g/mol. The first kappa shape index (κ1) is 31.1. The third kappa shape index (κ3) is 6.81. The SMILES string of the molecule is COc1cc(C(=O)NC[C@](O)(c2cc(C(C)(C)NCl)cc(-c3ccc(F)cc3)n2)C(F)(F)F)ccc1OCCO. The number of hydrogen-bond donors (Lipinski definition) is 4. The molecule has 0 saturated heterocycles. The highest BCUT2D eigenvalue weighted by Gasteiger charge is 2.56. The molecule has 0 spiro atoms. The first-order chi connectivity index (χ1) is 18.8. The van der Waals surface area contributed by atoms with Crippen molar-refractivity contribution in [3.8, 4) is 22.8 Å². The quantitative estimate of drug-likeness (QED) is 0.195. The third-order valence-corrected chi connectivity index (χ3v) is 6.57. The van der Waals surface area contributed by atoms with E-state index in [9.17, 15) is 27.5 Å². The predicted octanol–water partition coefficient (Wildman–Crippen LogP) is 4.43. The lowest BCUT2D eigenvalue weighted by Gasteiger charge is -2.32. The molecule has 0 fully saturated rings. The van der Waals surface area contributed by atoms with Crippen LogP contribution in [0.25, 0.3) is 11.3 Å². The van der Waals surface area contributed by atoms with Crippen molar-refractivity contribution >= 4 is 17.7 Å². The van der Waals surface area contributed by atoms with E-state index in [-0.39, 0.29) is 41.5 Å². The number of nitrogens with zero attached hydrogens (tertiary/aromatic N) is 1. The van der Waals surface area contributed by atoms with Crippen LogP contribution in [0.3, 0.4) is 0 Å². The summed E-state index contributed by atoms with van der Waals surface area (Å²) in [5.74, 6) is -1.17. The summed E-state index contributed by atoms with van der Waals surface area (Å²) in [5, 5.41) is 22.1. The lowest BCUT2D eigenvalue weighted by atomic mass is 9.89. The van der Waals surface area contributed by atoms with Gasteiger partial charge in [-0.1, -0.05) is 0 Å². The van der Waals surface area contributed by atoms with E-state index in [1.165, 1.54) is 43.5 Å². The standard InChI is InChI=1S/C27H28ClF4N3O5/c1-25(2,35-28)18-13-20(16-4-7-19(29)8-5-16)34-23(14-18)26(38,27(30,31)32)15-33-24(37)17-6-9-21(40-11-10-36)22(12-17)39-3/h4-9,12-14,35-36,38H,10-11,15H2,1-3H3,(H,33,37)/t26-/m0/s1. The van der Waals surface area contributed by atoms with Gasteiger partial charge in [-0.2, -0.15) is 13.2 Å². The number of nitrogens with one attached hydrogen (secondary N) is 2. The number of aromatic nitrogens is 1. The van der Waals surface area contributed by atoms with Crippen LogP contribution in [0.1, 0.15) is 35.5 Å². The summed E-state index contributed by atoms with van der Waals surface area (Å²) in [4.78, 5) is 19.4. The highest BCUT2D eigenvalue weighted by atomic mass is 35.5. The number of aliphatic hydroxyl groups is 2. The van der Waals surface area contributed by atoms with Gasteiger partial charge < -0.3 is 25.0 Å². The Balaban J connectivity index is 2.02. The number of benzene rings is 2. The van der Waals surface area contributed by atoms with Crippen LogP contribution >= 0.6 is 11.8 Å². The van der Waals surface area contributed by atoms with Crippen LogP contribution in [0.15, 0.2) is 54.6 Å². The van der Waals surface area contributed by atoms with Gasteiger partial charge in [-0.05, 0) is 85.8 Å². The van der Waals surface area contributed by atoms with Crippen molar-refractivity contribution < 1.29 is 42.0 Å². The minimum absolute atomic E-state index is 0.0182. The first-order valence-electron chi connectivity index (χ1n) is 11.9. The van der Waals surface area contributed by atoms with Crippen molar-refractivity contribution in [2.24, 2.45) is 0 Å². The zero-order valence-corrected chi connectivity index (χ0v) is 22.5. The van der Waals surface area contributed by atoms with E-state index in [1.807, 2.05) is 0 Å². The minimum Gasteiger partial charge on any atom is -0.493 e. The van der Waals surface area contributed by atoms with Crippen LogP contribution in [-0.4, -0.2) is 54.1 Å². The Bertz CT molecular complexity index is 1340. The van der Waals surface area contributed by atoms with Crippen LogP contribution in [0.2, 0.25) is 0 Å². The molecule has 216 valence electrons. The van der Waals surface area contributed by atoms with Crippen LogP contribution < -0.4 is 19.6 Å². The second kappa shape index (κ2) is 12.4. The number of alkyl halides is 3. The maximum absolute atomic E-state index is 14.4. The fraction of sp³-hybridized carbons (Fsp3) is 0.333. The minimum atomic E-state index is -5.27. The molecule has 40 heavy (non-hydrogen) atoms. The van der Waals surface area contributed by atoms with Crippen molar-refractivity contribution in [1.82, 2.24) is 15.1 Å². The van der Waals surface area contributed by atoms with E-state index in [0.717, 1.165) is 18.2 Å². The Morgan fingerprint density at radius 2 is 1.73 bits per heavy atom. The third-order valence-electron chi connectivity index (χ3n) is 6.10. The molecule has 0 bridgehead atoms. The summed E-state index contributed by atoms with van der Waals surface area (Å²) in [6.45, 7) is 1.61. The molecule has 0 saturated carbocycles. The number of hydrogen-bond acceptors (Lipinski definition) is 7. The smallest absolute Gasteiger partial charge is 0.424 e. The summed E-state index contributed by atoms with van der Waals surface area (Å²) >= 11 is 5.84. The number of rotatable bonds is 11. The summed E-state index contributed by atoms with van der Waals surface area (Å²) in [6, 6.07) is 11.3. The maximum atomic E-state index is 14.4. The van der Waals surface area contributed by atoms with Crippen LogP contribution in [0.4, 0.5) is 17.6 Å². The molecule has 1 atom stereocenters. The molecule has 13 heteroatoms. The van der Waals surface area contributed by atoms with Gasteiger partial charge in [-0.25, -0.2) is 14.2 Å². The van der Waals surface area contributed by atoms with Crippen molar-refractivity contribution in [3.63, 3.8) is 0 Å². The zero-order valence-electron chi connectivity index (χ0n) is 21.8. The molecular weight excluding hydrogens is 558 g/mol. The molecule has 1 heterocycles. The van der Waals surface area contributed by atoms with Gasteiger partial charge >= 0.3 is 6.18 Å². The highest BCUT2D eigenvalue weighted by Crippen LogP contribution is 2.40. The van der Waals surface area contributed by atoms with E-state index in [0.29, 0.717) is 5.56 Å². The van der Waals surface area contributed by atoms with Gasteiger partial charge in [0.1, 0.15) is 12.4 Å². The van der Waals surface area contributed by atoms with Gasteiger partial charge in [-0.3, -0.25) is 4.79 Å². The van der Waals surface area contributed by atoms with Crippen molar-refractivity contribution in [2.75, 3.05) is 26.9 Å². The van der Waals surface area contributed by atoms with Gasteiger partial charge in [0.2, 0.25) is 5.60 Å². The Morgan fingerprint density at radius 3 is 2.30 bits per heavy atom. The lowest BCUT2D eigenvalue weighted by molar-refractivity contribution is -0.265. The molecular formula is C27H28ClF4N3O5. The Hall–Kier alpha value is -3.45. The normalized spacial score (nSPS) is 13.4. The monoisotopic (exact) mass is 585 g/mol. The number of methoxy groups -OCH3 is 1. The fourth-order valence-corrected chi connectivity index (χ4v) is 3.77. The zero-order chi connectivity index (χ0) is 29.7. The second-order valence-corrected chi connectivity index (χ2v) is 9.52. The van der Waals surface area contributed by atoms with E-state index in [4.69, 9.17) is 26.4 Å². The summed E-state index contributed by atoms with van der Waals surface area (Å²) in [7, 11) is 1.31. The molecule has 2 aromatic carbocycles. The number of amides is 1. The van der Waals surface area contributed by atoms with Crippen molar-refractivity contribution in [3.05, 3.63) is 77.2 Å². The largest absolute Gasteiger partial charge is 0.493 e. The van der Waals surface area contributed by atoms with Gasteiger partial charge in [0.05, 0.1) is 37.2 Å². The summed E-state index contributed by atoms with van der Waals surface area (Å²) < 4.78 is 67.3. The molecule has 0 aliphatic rings. The first-order valence-corrected chi connectivity index (χ1v) is 12.3. The van der Waals surface area contributed by atoms with Crippen molar-refractivity contribution in [2.45, 2.75) is 31.2 Å². The number of carbonyl (C=O) groups is 1. The number of halogens is 5. The number of ether oxygens (including phenoxy) is 2. The van der Waals surface area contributed by atoms with Gasteiger partial charge in [0.15, 0.2) is 11.5 Å². The molecule has 1 aromatic heterocycles. The Kier molecular flexibility index (Phi) is 9.62. The maximum Gasteiger partial charge on any atom is 0.424 e. The van der Waals surface area contributed by atoms with Gasteiger partial charge in [0, 0.05) is 11.1 Å². The molecule has 0 aliphatic heterocycles. The van der Waals surface area contributed by atoms with E-state index in [2.05, 4.69) is 15.1 Å². The highest BCUT2D eigenvalue weighted by molar-refractivity contribution is 6.13.